The van der Waals surface area contributed by atoms with Crippen LogP contribution in [0.2, 0.25) is 0 Å². The van der Waals surface area contributed by atoms with Crippen molar-refractivity contribution in [3.05, 3.63) is 102 Å². The third kappa shape index (κ3) is 2.10. The second kappa shape index (κ2) is 6.26. The Morgan fingerprint density at radius 3 is 2.34 bits per heavy atom. The molecule has 6 rings (SSSR count). The summed E-state index contributed by atoms with van der Waals surface area (Å²) in [6.45, 7) is 1.70. The lowest BCUT2D eigenvalue weighted by atomic mass is 9.83. The number of carbonyl (C=O) groups excluding carboxylic acids is 3. The number of carbonyl (C=O) groups is 3. The van der Waals surface area contributed by atoms with E-state index in [4.69, 9.17) is 9.15 Å². The number of esters is 1. The van der Waals surface area contributed by atoms with Gasteiger partial charge in [0, 0.05) is 17.0 Å². The van der Waals surface area contributed by atoms with Gasteiger partial charge in [0.15, 0.2) is 17.0 Å². The molecule has 0 bridgehead atoms. The van der Waals surface area contributed by atoms with Crippen LogP contribution in [0.3, 0.4) is 0 Å². The molecule has 0 N–H and O–H groups in total. The standard InChI is InChI=1S/C27H18O5/c1-26(23(28)17-9-3-2-4-10-17)22-21-18-11-6-5-8-16(18)13-14-19(21)32-25(30)27(22,26)24(29)20-12-7-15-31-20/h2-15,22H,1H3/t22-,26-,27-/m0/s1. The highest BCUT2D eigenvalue weighted by molar-refractivity contribution is 6.25. The number of furan rings is 1. The maximum atomic E-state index is 13.9. The van der Waals surface area contributed by atoms with Gasteiger partial charge in [-0.2, -0.15) is 0 Å². The van der Waals surface area contributed by atoms with Gasteiger partial charge >= 0.3 is 5.97 Å². The van der Waals surface area contributed by atoms with E-state index >= 15 is 0 Å². The third-order valence-electron chi connectivity index (χ3n) is 7.10. The maximum Gasteiger partial charge on any atom is 0.327 e. The average Bonchev–Trinajstić information content (AvgIpc) is 3.14. The Hall–Kier alpha value is -3.99. The van der Waals surface area contributed by atoms with E-state index in [1.54, 1.807) is 43.3 Å². The average molecular weight is 422 g/mol. The van der Waals surface area contributed by atoms with E-state index in [-0.39, 0.29) is 11.5 Å². The molecule has 0 unspecified atom stereocenters. The van der Waals surface area contributed by atoms with E-state index in [2.05, 4.69) is 0 Å². The number of ether oxygens (including phenoxy) is 1. The molecule has 0 radical (unpaired) electrons. The predicted octanol–water partition coefficient (Wildman–Crippen LogP) is 5.21. The minimum Gasteiger partial charge on any atom is -0.461 e. The number of rotatable bonds is 4. The lowest BCUT2D eigenvalue weighted by Crippen LogP contribution is -2.39. The fraction of sp³-hybridized carbons (Fsp3) is 0.148. The summed E-state index contributed by atoms with van der Waals surface area (Å²) in [4.78, 5) is 41.2. The Morgan fingerprint density at radius 1 is 0.844 bits per heavy atom. The quantitative estimate of drug-likeness (QED) is 0.195. The number of ketones is 2. The molecule has 1 aromatic heterocycles. The Morgan fingerprint density at radius 2 is 1.59 bits per heavy atom. The fourth-order valence-electron chi connectivity index (χ4n) is 5.56. The van der Waals surface area contributed by atoms with Crippen molar-refractivity contribution in [2.75, 3.05) is 0 Å². The minimum atomic E-state index is -1.69. The molecule has 3 atom stereocenters. The summed E-state index contributed by atoms with van der Waals surface area (Å²) in [5.74, 6) is -1.73. The van der Waals surface area contributed by atoms with Gasteiger partial charge in [0.2, 0.25) is 5.78 Å². The van der Waals surface area contributed by atoms with E-state index in [1.807, 2.05) is 36.4 Å². The Balaban J connectivity index is 1.64. The second-order valence-electron chi connectivity index (χ2n) is 8.53. The van der Waals surface area contributed by atoms with Crippen LogP contribution >= 0.6 is 0 Å². The summed E-state index contributed by atoms with van der Waals surface area (Å²) in [7, 11) is 0. The largest absolute Gasteiger partial charge is 0.461 e. The first-order valence-corrected chi connectivity index (χ1v) is 10.4. The van der Waals surface area contributed by atoms with Crippen LogP contribution < -0.4 is 4.74 Å². The fourth-order valence-corrected chi connectivity index (χ4v) is 5.56. The van der Waals surface area contributed by atoms with Crippen molar-refractivity contribution >= 4 is 28.3 Å². The lowest BCUT2D eigenvalue weighted by molar-refractivity contribution is -0.140. The Kier molecular flexibility index (Phi) is 3.67. The van der Waals surface area contributed by atoms with E-state index < -0.39 is 28.5 Å². The molecule has 5 heteroatoms. The normalized spacial score (nSPS) is 25.5. The van der Waals surface area contributed by atoms with Crippen LogP contribution in [-0.4, -0.2) is 17.5 Å². The van der Waals surface area contributed by atoms with E-state index in [0.717, 1.165) is 16.3 Å². The van der Waals surface area contributed by atoms with Gasteiger partial charge < -0.3 is 9.15 Å². The smallest absolute Gasteiger partial charge is 0.327 e. The summed E-state index contributed by atoms with van der Waals surface area (Å²) in [6.07, 6.45) is 1.38. The van der Waals surface area contributed by atoms with Gasteiger partial charge in [0.25, 0.3) is 0 Å². The summed E-state index contributed by atoms with van der Waals surface area (Å²) in [5, 5.41) is 1.81. The highest BCUT2D eigenvalue weighted by Crippen LogP contribution is 2.79. The SMILES string of the molecule is C[C@@]1(C(=O)c2ccccc2)[C@@H]2c3c(ccc4ccccc34)OC(=O)[C@@]21C(=O)c1ccco1. The first-order valence-electron chi connectivity index (χ1n) is 10.4. The van der Waals surface area contributed by atoms with Gasteiger partial charge in [0.05, 0.1) is 11.7 Å². The van der Waals surface area contributed by atoms with E-state index in [0.29, 0.717) is 11.3 Å². The summed E-state index contributed by atoms with van der Waals surface area (Å²) in [6, 6.07) is 23.2. The van der Waals surface area contributed by atoms with Crippen LogP contribution in [0.25, 0.3) is 10.8 Å². The molecular formula is C27H18O5. The minimum absolute atomic E-state index is 0.0419. The molecule has 2 aliphatic rings. The molecule has 32 heavy (non-hydrogen) atoms. The molecule has 2 heterocycles. The third-order valence-corrected chi connectivity index (χ3v) is 7.10. The second-order valence-corrected chi connectivity index (χ2v) is 8.53. The van der Waals surface area contributed by atoms with Gasteiger partial charge in [-0.05, 0) is 29.0 Å². The van der Waals surface area contributed by atoms with Crippen LogP contribution in [0.15, 0.2) is 89.5 Å². The number of hydrogen-bond acceptors (Lipinski definition) is 5. The molecule has 0 spiro atoms. The van der Waals surface area contributed by atoms with Crippen molar-refractivity contribution in [1.29, 1.82) is 0 Å². The number of hydrogen-bond donors (Lipinski definition) is 0. The molecule has 1 aliphatic carbocycles. The van der Waals surface area contributed by atoms with E-state index in [9.17, 15) is 14.4 Å². The molecule has 4 aromatic rings. The van der Waals surface area contributed by atoms with Crippen LogP contribution in [0.4, 0.5) is 0 Å². The van der Waals surface area contributed by atoms with E-state index in [1.165, 1.54) is 12.3 Å². The first kappa shape index (κ1) is 18.8. The van der Waals surface area contributed by atoms with Crippen LogP contribution in [0, 0.1) is 10.8 Å². The maximum absolute atomic E-state index is 13.9. The molecule has 3 aromatic carbocycles. The van der Waals surface area contributed by atoms with Gasteiger partial charge in [-0.15, -0.1) is 0 Å². The predicted molar refractivity (Wildman–Crippen MR) is 117 cm³/mol. The zero-order valence-electron chi connectivity index (χ0n) is 17.2. The molecule has 1 saturated carbocycles. The first-order chi connectivity index (χ1) is 15.5. The van der Waals surface area contributed by atoms with Crippen LogP contribution in [0.5, 0.6) is 5.75 Å². The van der Waals surface area contributed by atoms with Crippen molar-refractivity contribution in [3.63, 3.8) is 0 Å². The van der Waals surface area contributed by atoms with Crippen molar-refractivity contribution in [2.45, 2.75) is 12.8 Å². The number of benzene rings is 3. The van der Waals surface area contributed by atoms with Crippen molar-refractivity contribution in [1.82, 2.24) is 0 Å². The monoisotopic (exact) mass is 422 g/mol. The van der Waals surface area contributed by atoms with Gasteiger partial charge in [-0.1, -0.05) is 67.6 Å². The summed E-state index contributed by atoms with van der Waals surface area (Å²) >= 11 is 0. The topological polar surface area (TPSA) is 73.6 Å². The molecule has 156 valence electrons. The summed E-state index contributed by atoms with van der Waals surface area (Å²) < 4.78 is 11.1. The zero-order chi connectivity index (χ0) is 22.1. The Bertz CT molecular complexity index is 1420. The lowest BCUT2D eigenvalue weighted by Gasteiger charge is -2.23. The summed E-state index contributed by atoms with van der Waals surface area (Å²) in [5.41, 5.74) is -1.83. The number of Topliss-reactive ketones (excluding diaryl/α,β-unsaturated/α-hetero) is 2. The highest BCUT2D eigenvalue weighted by atomic mass is 16.5. The molecule has 1 fully saturated rings. The zero-order valence-corrected chi connectivity index (χ0v) is 17.2. The Labute approximate surface area is 183 Å². The van der Waals surface area contributed by atoms with Gasteiger partial charge in [-0.3, -0.25) is 14.4 Å². The number of fused-ring (bicyclic) bond motifs is 5. The van der Waals surface area contributed by atoms with Crippen LogP contribution in [0.1, 0.15) is 39.3 Å². The molecule has 1 aliphatic heterocycles. The molecule has 0 amide bonds. The van der Waals surface area contributed by atoms with Crippen LogP contribution in [-0.2, 0) is 4.79 Å². The van der Waals surface area contributed by atoms with Gasteiger partial charge in [-0.25, -0.2) is 0 Å². The molecular weight excluding hydrogens is 404 g/mol. The van der Waals surface area contributed by atoms with Crippen molar-refractivity contribution < 1.29 is 23.5 Å². The molecule has 0 saturated heterocycles. The van der Waals surface area contributed by atoms with Crippen molar-refractivity contribution in [3.8, 4) is 5.75 Å². The van der Waals surface area contributed by atoms with Gasteiger partial charge in [0.1, 0.15) is 5.75 Å². The highest BCUT2D eigenvalue weighted by Gasteiger charge is 2.88. The molecule has 5 nitrogen and oxygen atoms in total. The van der Waals surface area contributed by atoms with Crippen molar-refractivity contribution in [2.24, 2.45) is 10.8 Å².